The number of hydrogen-bond acceptors (Lipinski definition) is 6. The van der Waals surface area contributed by atoms with Gasteiger partial charge in [-0.3, -0.25) is 20.4 Å². The summed E-state index contributed by atoms with van der Waals surface area (Å²) < 4.78 is 38.5. The lowest BCUT2D eigenvalue weighted by molar-refractivity contribution is -0.138. The summed E-state index contributed by atoms with van der Waals surface area (Å²) in [6.07, 6.45) is -4.88. The summed E-state index contributed by atoms with van der Waals surface area (Å²) in [4.78, 5) is 21.1. The summed E-state index contributed by atoms with van der Waals surface area (Å²) >= 11 is 0. The van der Waals surface area contributed by atoms with E-state index >= 15 is 0 Å². The van der Waals surface area contributed by atoms with Gasteiger partial charge in [0.15, 0.2) is 0 Å². The number of alkyl halides is 3. The summed E-state index contributed by atoms with van der Waals surface area (Å²) in [5, 5.41) is 29.0. The Bertz CT molecular complexity index is 1020. The van der Waals surface area contributed by atoms with Gasteiger partial charge in [0.2, 0.25) is 6.41 Å². The number of nitrogens with one attached hydrogen (secondary N) is 3. The topological polar surface area (TPSA) is 138 Å². The number of carbonyl (C=O) groups excluding carboxylic acids is 2. The molecule has 168 valence electrons. The number of hydrogen-bond donors (Lipinski definition) is 4. The Balaban J connectivity index is 0.000000330. The van der Waals surface area contributed by atoms with Gasteiger partial charge in [0.25, 0.3) is 5.91 Å². The predicted octanol–water partition coefficient (Wildman–Crippen LogP) is 2.63. The molecular weight excluding hydrogens is 427 g/mol. The molecule has 4 N–H and O–H groups in total. The van der Waals surface area contributed by atoms with E-state index in [1.165, 1.54) is 50.2 Å². The smallest absolute Gasteiger partial charge is 0.392 e. The zero-order valence-corrected chi connectivity index (χ0v) is 17.1. The molecule has 1 unspecified atom stereocenters. The SMILES string of the molecule is Cc1c(NCC(C)O)ccc(C#N)c1C(F)(F)F.N#Cc1ccc(C(=O)NNC=O)cc1. The molecule has 2 aromatic carbocycles. The monoisotopic (exact) mass is 447 g/mol. The number of benzene rings is 2. The van der Waals surface area contributed by atoms with Crippen molar-refractivity contribution in [2.24, 2.45) is 0 Å². The molecule has 11 heteroatoms. The van der Waals surface area contributed by atoms with Crippen molar-refractivity contribution < 1.29 is 27.9 Å². The molecular formula is C21H20F3N5O3. The molecule has 0 spiro atoms. The van der Waals surface area contributed by atoms with Gasteiger partial charge in [-0.05, 0) is 55.8 Å². The van der Waals surface area contributed by atoms with Crippen molar-refractivity contribution in [2.75, 3.05) is 11.9 Å². The summed E-state index contributed by atoms with van der Waals surface area (Å²) in [6, 6.07) is 12.1. The predicted molar refractivity (Wildman–Crippen MR) is 109 cm³/mol. The van der Waals surface area contributed by atoms with Crippen molar-refractivity contribution in [3.8, 4) is 12.1 Å². The minimum Gasteiger partial charge on any atom is -0.392 e. The molecule has 2 amide bonds. The van der Waals surface area contributed by atoms with E-state index in [1.54, 1.807) is 0 Å². The van der Waals surface area contributed by atoms with E-state index in [0.717, 1.165) is 6.07 Å². The average molecular weight is 447 g/mol. The van der Waals surface area contributed by atoms with Crippen LogP contribution < -0.4 is 16.2 Å². The normalized spacial score (nSPS) is 11.0. The van der Waals surface area contributed by atoms with Crippen molar-refractivity contribution in [2.45, 2.75) is 26.1 Å². The van der Waals surface area contributed by atoms with Crippen molar-refractivity contribution in [3.63, 3.8) is 0 Å². The highest BCUT2D eigenvalue weighted by Gasteiger charge is 2.36. The second kappa shape index (κ2) is 11.9. The van der Waals surface area contributed by atoms with Gasteiger partial charge in [-0.2, -0.15) is 23.7 Å². The molecule has 0 bridgehead atoms. The van der Waals surface area contributed by atoms with E-state index in [9.17, 15) is 22.8 Å². The standard InChI is InChI=1S/C12H13F3N2O.C9H7N3O2/c1-7(18)6-17-10-4-3-9(5-16)11(8(10)2)12(13,14)15;10-5-7-1-3-8(4-2-7)9(14)12-11-6-13/h3-4,7,17-18H,6H2,1-2H3;1-4,6H,(H,11,13)(H,12,14). The first-order chi connectivity index (χ1) is 15.0. The second-order valence-electron chi connectivity index (χ2n) is 6.41. The number of aliphatic hydroxyl groups excluding tert-OH is 1. The van der Waals surface area contributed by atoms with E-state index in [4.69, 9.17) is 15.6 Å². The molecule has 1 atom stereocenters. The number of nitriles is 2. The van der Waals surface area contributed by atoms with E-state index in [0.29, 0.717) is 17.5 Å². The van der Waals surface area contributed by atoms with Crippen LogP contribution in [0.4, 0.5) is 18.9 Å². The second-order valence-corrected chi connectivity index (χ2v) is 6.41. The molecule has 0 aliphatic carbocycles. The number of rotatable bonds is 6. The fourth-order valence-corrected chi connectivity index (χ4v) is 2.48. The average Bonchev–Trinajstić information content (AvgIpc) is 2.75. The molecule has 0 radical (unpaired) electrons. The van der Waals surface area contributed by atoms with Gasteiger partial charge in [-0.1, -0.05) is 0 Å². The van der Waals surface area contributed by atoms with Crippen molar-refractivity contribution in [1.82, 2.24) is 10.9 Å². The zero-order chi connectivity index (χ0) is 24.3. The Labute approximate surface area is 182 Å². The fourth-order valence-electron chi connectivity index (χ4n) is 2.48. The van der Waals surface area contributed by atoms with E-state index in [-0.39, 0.29) is 17.8 Å². The summed E-state index contributed by atoms with van der Waals surface area (Å²) in [7, 11) is 0. The quantitative estimate of drug-likeness (QED) is 0.397. The van der Waals surface area contributed by atoms with Crippen LogP contribution in [0.3, 0.4) is 0 Å². The van der Waals surface area contributed by atoms with Crippen molar-refractivity contribution >= 4 is 18.0 Å². The lowest BCUT2D eigenvalue weighted by Gasteiger charge is -2.17. The van der Waals surface area contributed by atoms with E-state index in [1.807, 2.05) is 11.5 Å². The summed E-state index contributed by atoms with van der Waals surface area (Å²) in [5.74, 6) is -0.429. The molecule has 2 aromatic rings. The molecule has 0 fully saturated rings. The maximum Gasteiger partial charge on any atom is 0.418 e. The minimum atomic E-state index is -4.57. The van der Waals surface area contributed by atoms with Crippen LogP contribution in [0.1, 0.15) is 39.5 Å². The number of halogens is 3. The number of carbonyl (C=O) groups is 2. The number of nitrogens with zero attached hydrogens (tertiary/aromatic N) is 2. The highest BCUT2D eigenvalue weighted by Crippen LogP contribution is 2.37. The first-order valence-corrected chi connectivity index (χ1v) is 9.07. The van der Waals surface area contributed by atoms with Crippen LogP contribution in [0.5, 0.6) is 0 Å². The Morgan fingerprint density at radius 1 is 1.16 bits per heavy atom. The largest absolute Gasteiger partial charge is 0.418 e. The van der Waals surface area contributed by atoms with Crippen LogP contribution in [-0.4, -0.2) is 30.1 Å². The third-order valence-corrected chi connectivity index (χ3v) is 3.98. The lowest BCUT2D eigenvalue weighted by atomic mass is 10.00. The Morgan fingerprint density at radius 3 is 2.25 bits per heavy atom. The first kappa shape index (κ1) is 25.9. The Hall–Kier alpha value is -4.09. The van der Waals surface area contributed by atoms with E-state index < -0.39 is 29.3 Å². The molecule has 0 aromatic heterocycles. The van der Waals surface area contributed by atoms with Crippen LogP contribution in [0.15, 0.2) is 36.4 Å². The molecule has 2 rings (SSSR count). The van der Waals surface area contributed by atoms with Crippen molar-refractivity contribution in [1.29, 1.82) is 10.5 Å². The van der Waals surface area contributed by atoms with Gasteiger partial charge >= 0.3 is 6.18 Å². The van der Waals surface area contributed by atoms with Crippen molar-refractivity contribution in [3.05, 3.63) is 64.2 Å². The Morgan fingerprint density at radius 2 is 1.78 bits per heavy atom. The summed E-state index contributed by atoms with van der Waals surface area (Å²) in [6.45, 7) is 2.97. The number of aliphatic hydroxyl groups is 1. The third-order valence-electron chi connectivity index (χ3n) is 3.98. The molecule has 0 aliphatic heterocycles. The molecule has 0 saturated heterocycles. The molecule has 8 nitrogen and oxygen atoms in total. The fraction of sp³-hybridized carbons (Fsp3) is 0.238. The molecule has 0 aliphatic rings. The molecule has 0 saturated carbocycles. The highest BCUT2D eigenvalue weighted by atomic mass is 19.4. The number of amides is 2. The van der Waals surface area contributed by atoms with E-state index in [2.05, 4.69) is 10.7 Å². The molecule has 32 heavy (non-hydrogen) atoms. The lowest BCUT2D eigenvalue weighted by Crippen LogP contribution is -2.36. The Kier molecular flexibility index (Phi) is 9.67. The van der Waals surface area contributed by atoms with Crippen LogP contribution in [-0.2, 0) is 11.0 Å². The number of hydrazine groups is 1. The van der Waals surface area contributed by atoms with Crippen LogP contribution >= 0.6 is 0 Å². The zero-order valence-electron chi connectivity index (χ0n) is 17.1. The minimum absolute atomic E-state index is 0.0396. The molecule has 0 heterocycles. The van der Waals surface area contributed by atoms with Gasteiger partial charge in [0, 0.05) is 17.8 Å². The maximum atomic E-state index is 12.8. The van der Waals surface area contributed by atoms with Crippen LogP contribution in [0.25, 0.3) is 0 Å². The van der Waals surface area contributed by atoms with Gasteiger partial charge in [0.05, 0.1) is 34.9 Å². The third kappa shape index (κ3) is 7.63. The maximum absolute atomic E-state index is 12.8. The van der Waals surface area contributed by atoms with Gasteiger partial charge in [0.1, 0.15) is 0 Å². The number of anilines is 1. The van der Waals surface area contributed by atoms with Gasteiger partial charge < -0.3 is 10.4 Å². The van der Waals surface area contributed by atoms with Gasteiger partial charge in [-0.15, -0.1) is 0 Å². The first-order valence-electron chi connectivity index (χ1n) is 9.07. The highest BCUT2D eigenvalue weighted by molar-refractivity contribution is 5.94. The van der Waals surface area contributed by atoms with Crippen LogP contribution in [0, 0.1) is 29.6 Å². The summed E-state index contributed by atoms with van der Waals surface area (Å²) in [5.41, 5.74) is 3.92. The van der Waals surface area contributed by atoms with Crippen LogP contribution in [0.2, 0.25) is 0 Å². The van der Waals surface area contributed by atoms with Gasteiger partial charge in [-0.25, -0.2) is 0 Å².